The van der Waals surface area contributed by atoms with E-state index in [9.17, 15) is 19.3 Å². The highest BCUT2D eigenvalue weighted by atomic mass is 19.1. The molecule has 1 amide bonds. The number of nitrogens with two attached hydrogens (primary N) is 1. The first-order chi connectivity index (χ1) is 12.0. The van der Waals surface area contributed by atoms with Gasteiger partial charge in [0.1, 0.15) is 11.5 Å². The number of benzene rings is 2. The van der Waals surface area contributed by atoms with Crippen LogP contribution in [0.1, 0.15) is 10.4 Å². The highest BCUT2D eigenvalue weighted by molar-refractivity contribution is 5.95. The Hall–Kier alpha value is -3.16. The summed E-state index contributed by atoms with van der Waals surface area (Å²) < 4.78 is 13.9. The first-order valence-corrected chi connectivity index (χ1v) is 7.80. The number of halogens is 1. The second-order valence-electron chi connectivity index (χ2n) is 5.76. The van der Waals surface area contributed by atoms with Crippen LogP contribution in [-0.2, 0) is 0 Å². The average molecular weight is 344 g/mol. The number of nitro benzene ring substituents is 1. The number of piperazine rings is 1. The van der Waals surface area contributed by atoms with Crippen LogP contribution in [-0.4, -0.2) is 41.9 Å². The van der Waals surface area contributed by atoms with E-state index in [0.29, 0.717) is 31.9 Å². The Morgan fingerprint density at radius 1 is 1.12 bits per heavy atom. The zero-order valence-electron chi connectivity index (χ0n) is 13.4. The molecule has 3 rings (SSSR count). The minimum absolute atomic E-state index is 0.0194. The van der Waals surface area contributed by atoms with Gasteiger partial charge in [0.05, 0.1) is 10.6 Å². The van der Waals surface area contributed by atoms with Gasteiger partial charge in [-0.1, -0.05) is 12.1 Å². The van der Waals surface area contributed by atoms with E-state index in [1.165, 1.54) is 24.3 Å². The fourth-order valence-corrected chi connectivity index (χ4v) is 2.88. The van der Waals surface area contributed by atoms with Crippen molar-refractivity contribution >= 4 is 23.0 Å². The summed E-state index contributed by atoms with van der Waals surface area (Å²) in [5.74, 6) is -0.590. The molecule has 8 heteroatoms. The predicted molar refractivity (Wildman–Crippen MR) is 92.0 cm³/mol. The van der Waals surface area contributed by atoms with E-state index in [2.05, 4.69) is 0 Å². The summed E-state index contributed by atoms with van der Waals surface area (Å²) in [6.45, 7) is 1.80. The number of nitrogens with zero attached hydrogens (tertiary/aromatic N) is 3. The number of para-hydroxylation sites is 1. The van der Waals surface area contributed by atoms with E-state index in [1.54, 1.807) is 23.1 Å². The topological polar surface area (TPSA) is 92.7 Å². The van der Waals surface area contributed by atoms with Crippen LogP contribution >= 0.6 is 0 Å². The maximum Gasteiger partial charge on any atom is 0.292 e. The molecule has 2 N–H and O–H groups in total. The van der Waals surface area contributed by atoms with Gasteiger partial charge in [-0.15, -0.1) is 0 Å². The molecule has 2 aromatic carbocycles. The zero-order valence-corrected chi connectivity index (χ0v) is 13.4. The summed E-state index contributed by atoms with van der Waals surface area (Å²) in [6.07, 6.45) is 0. The van der Waals surface area contributed by atoms with E-state index >= 15 is 0 Å². The number of nitrogen functional groups attached to an aromatic ring is 1. The molecule has 1 aliphatic rings. The van der Waals surface area contributed by atoms with Crippen LogP contribution in [0, 0.1) is 15.9 Å². The third kappa shape index (κ3) is 3.37. The standard InChI is InChI=1S/C17H17FN4O3/c18-13-3-1-2-4-15(13)20-7-9-21(10-8-20)17(23)12-5-6-14(19)16(11-12)22(24)25/h1-6,11H,7-10,19H2. The van der Waals surface area contributed by atoms with E-state index in [4.69, 9.17) is 5.73 Å². The Bertz CT molecular complexity index is 819. The molecule has 7 nitrogen and oxygen atoms in total. The summed E-state index contributed by atoms with van der Waals surface area (Å²) in [4.78, 5) is 26.4. The molecule has 130 valence electrons. The lowest BCUT2D eigenvalue weighted by molar-refractivity contribution is -0.383. The number of anilines is 2. The van der Waals surface area contributed by atoms with Crippen LogP contribution in [0.4, 0.5) is 21.5 Å². The maximum atomic E-state index is 13.9. The van der Waals surface area contributed by atoms with Gasteiger partial charge in [0.15, 0.2) is 0 Å². The van der Waals surface area contributed by atoms with Gasteiger partial charge in [-0.05, 0) is 24.3 Å². The molecular formula is C17H17FN4O3. The molecule has 1 saturated heterocycles. The van der Waals surface area contributed by atoms with Gasteiger partial charge in [0.25, 0.3) is 11.6 Å². The quantitative estimate of drug-likeness (QED) is 0.524. The normalized spacial score (nSPS) is 14.4. The van der Waals surface area contributed by atoms with Gasteiger partial charge in [-0.25, -0.2) is 4.39 Å². The summed E-state index contributed by atoms with van der Waals surface area (Å²) in [5, 5.41) is 11.0. The number of carbonyl (C=O) groups is 1. The maximum absolute atomic E-state index is 13.9. The predicted octanol–water partition coefficient (Wildman–Crippen LogP) is 2.28. The van der Waals surface area contributed by atoms with Crippen molar-refractivity contribution in [1.29, 1.82) is 0 Å². The van der Waals surface area contributed by atoms with Gasteiger partial charge >= 0.3 is 0 Å². The molecule has 25 heavy (non-hydrogen) atoms. The van der Waals surface area contributed by atoms with Gasteiger partial charge < -0.3 is 15.5 Å². The summed E-state index contributed by atoms with van der Waals surface area (Å²) in [6, 6.07) is 10.5. The molecule has 0 aromatic heterocycles. The van der Waals surface area contributed by atoms with Crippen molar-refractivity contribution in [2.45, 2.75) is 0 Å². The Balaban J connectivity index is 1.71. The Kier molecular flexibility index (Phi) is 4.51. The molecule has 0 aliphatic carbocycles. The van der Waals surface area contributed by atoms with Crippen LogP contribution in [0.5, 0.6) is 0 Å². The minimum atomic E-state index is -0.609. The van der Waals surface area contributed by atoms with Crippen LogP contribution in [0.3, 0.4) is 0 Å². The number of nitro groups is 1. The van der Waals surface area contributed by atoms with Crippen molar-refractivity contribution in [2.24, 2.45) is 0 Å². The van der Waals surface area contributed by atoms with Gasteiger partial charge in [0.2, 0.25) is 0 Å². The number of hydrogen-bond acceptors (Lipinski definition) is 5. The molecule has 2 aromatic rings. The number of rotatable bonds is 3. The lowest BCUT2D eigenvalue weighted by Gasteiger charge is -2.36. The van der Waals surface area contributed by atoms with Crippen LogP contribution < -0.4 is 10.6 Å². The minimum Gasteiger partial charge on any atom is -0.393 e. The van der Waals surface area contributed by atoms with Crippen molar-refractivity contribution in [3.63, 3.8) is 0 Å². The molecule has 1 aliphatic heterocycles. The molecule has 0 bridgehead atoms. The molecule has 0 unspecified atom stereocenters. The van der Waals surface area contributed by atoms with Crippen molar-refractivity contribution in [1.82, 2.24) is 4.90 Å². The van der Waals surface area contributed by atoms with E-state index in [-0.39, 0.29) is 28.7 Å². The third-order valence-electron chi connectivity index (χ3n) is 4.23. The molecular weight excluding hydrogens is 327 g/mol. The number of amides is 1. The molecule has 1 fully saturated rings. The third-order valence-corrected chi connectivity index (χ3v) is 4.23. The highest BCUT2D eigenvalue weighted by Crippen LogP contribution is 2.24. The molecule has 1 heterocycles. The molecule has 0 atom stereocenters. The van der Waals surface area contributed by atoms with E-state index in [0.717, 1.165) is 0 Å². The smallest absolute Gasteiger partial charge is 0.292 e. The second kappa shape index (κ2) is 6.76. The monoisotopic (exact) mass is 344 g/mol. The van der Waals surface area contributed by atoms with Crippen LogP contribution in [0.25, 0.3) is 0 Å². The summed E-state index contributed by atoms with van der Waals surface area (Å²) >= 11 is 0. The van der Waals surface area contributed by atoms with Gasteiger partial charge in [-0.2, -0.15) is 0 Å². The van der Waals surface area contributed by atoms with Crippen molar-refractivity contribution in [3.05, 3.63) is 64.0 Å². The van der Waals surface area contributed by atoms with Crippen molar-refractivity contribution in [3.8, 4) is 0 Å². The Labute approximate surface area is 143 Å². The van der Waals surface area contributed by atoms with Gasteiger partial charge in [0, 0.05) is 37.8 Å². The average Bonchev–Trinajstić information content (AvgIpc) is 2.62. The van der Waals surface area contributed by atoms with Gasteiger partial charge in [-0.3, -0.25) is 14.9 Å². The summed E-state index contributed by atoms with van der Waals surface area (Å²) in [7, 11) is 0. The lowest BCUT2D eigenvalue weighted by atomic mass is 10.1. The molecule has 0 radical (unpaired) electrons. The van der Waals surface area contributed by atoms with Crippen molar-refractivity contribution in [2.75, 3.05) is 36.8 Å². The number of hydrogen-bond donors (Lipinski definition) is 1. The first kappa shape index (κ1) is 16.7. The van der Waals surface area contributed by atoms with E-state index < -0.39 is 4.92 Å². The lowest BCUT2D eigenvalue weighted by Crippen LogP contribution is -2.49. The Morgan fingerprint density at radius 2 is 1.80 bits per heavy atom. The second-order valence-corrected chi connectivity index (χ2v) is 5.76. The van der Waals surface area contributed by atoms with E-state index in [1.807, 2.05) is 4.90 Å². The first-order valence-electron chi connectivity index (χ1n) is 7.80. The van der Waals surface area contributed by atoms with Crippen LogP contribution in [0.15, 0.2) is 42.5 Å². The zero-order chi connectivity index (χ0) is 18.0. The fourth-order valence-electron chi connectivity index (χ4n) is 2.88. The summed E-state index contributed by atoms with van der Waals surface area (Å²) in [5.41, 5.74) is 6.03. The largest absolute Gasteiger partial charge is 0.393 e. The van der Waals surface area contributed by atoms with Crippen LogP contribution in [0.2, 0.25) is 0 Å². The molecule has 0 saturated carbocycles. The van der Waals surface area contributed by atoms with Crippen molar-refractivity contribution < 1.29 is 14.1 Å². The fraction of sp³-hybridized carbons (Fsp3) is 0.235. The highest BCUT2D eigenvalue weighted by Gasteiger charge is 2.25. The molecule has 0 spiro atoms. The number of carbonyl (C=O) groups excluding carboxylic acids is 1. The Morgan fingerprint density at radius 3 is 2.44 bits per heavy atom. The SMILES string of the molecule is Nc1ccc(C(=O)N2CCN(c3ccccc3F)CC2)cc1[N+](=O)[O-].